The number of piperazine rings is 1. The summed E-state index contributed by atoms with van der Waals surface area (Å²) in [6, 6.07) is 14.7. The zero-order valence-electron chi connectivity index (χ0n) is 16.1. The van der Waals surface area contributed by atoms with Crippen LogP contribution in [0.25, 0.3) is 0 Å². The van der Waals surface area contributed by atoms with Crippen LogP contribution in [0.5, 0.6) is 0 Å². The van der Waals surface area contributed by atoms with Gasteiger partial charge in [-0.05, 0) is 31.2 Å². The lowest BCUT2D eigenvalue weighted by Gasteiger charge is -2.35. The van der Waals surface area contributed by atoms with Crippen LogP contribution in [0.3, 0.4) is 0 Å². The molecule has 0 spiro atoms. The molecule has 0 bridgehead atoms. The molecule has 3 rings (SSSR count). The summed E-state index contributed by atoms with van der Waals surface area (Å²) < 4.78 is 0. The monoisotopic (exact) mass is 451 g/mol. The number of anilines is 1. The maximum atomic E-state index is 12.8. The lowest BCUT2D eigenvalue weighted by molar-refractivity contribution is -0.132. The normalized spacial score (nSPS) is 15.8. The maximum Gasteiger partial charge on any atom is 0.238 e. The topological polar surface area (TPSA) is 52.7 Å². The third-order valence-corrected chi connectivity index (χ3v) is 6.62. The van der Waals surface area contributed by atoms with Crippen LogP contribution < -0.4 is 5.32 Å². The van der Waals surface area contributed by atoms with Crippen LogP contribution in [0, 0.1) is 0 Å². The van der Waals surface area contributed by atoms with E-state index in [1.165, 1.54) is 11.8 Å². The van der Waals surface area contributed by atoms with E-state index in [1.807, 2.05) is 53.1 Å². The highest BCUT2D eigenvalue weighted by Crippen LogP contribution is 2.31. The molecule has 5 nitrogen and oxygen atoms in total. The van der Waals surface area contributed by atoms with Crippen LogP contribution in [0.4, 0.5) is 5.69 Å². The van der Waals surface area contributed by atoms with Gasteiger partial charge in [-0.25, -0.2) is 0 Å². The number of nitrogens with zero attached hydrogens (tertiary/aromatic N) is 2. The van der Waals surface area contributed by atoms with Crippen molar-refractivity contribution in [3.63, 3.8) is 0 Å². The van der Waals surface area contributed by atoms with Gasteiger partial charge in [0.25, 0.3) is 0 Å². The van der Waals surface area contributed by atoms with Crippen molar-refractivity contribution < 1.29 is 9.59 Å². The summed E-state index contributed by atoms with van der Waals surface area (Å²) in [5, 5.41) is 3.79. The van der Waals surface area contributed by atoms with Gasteiger partial charge in [-0.3, -0.25) is 14.5 Å². The zero-order valence-corrected chi connectivity index (χ0v) is 18.4. The molecule has 2 aromatic rings. The van der Waals surface area contributed by atoms with E-state index in [2.05, 4.69) is 5.32 Å². The number of hydrogen-bond donors (Lipinski definition) is 1. The highest BCUT2D eigenvalue weighted by atomic mass is 35.5. The number of para-hydroxylation sites is 1. The number of rotatable bonds is 6. The van der Waals surface area contributed by atoms with Crippen LogP contribution in [-0.4, -0.2) is 59.6 Å². The summed E-state index contributed by atoms with van der Waals surface area (Å²) in [5.74, 6) is -0.0180. The van der Waals surface area contributed by atoms with Crippen molar-refractivity contribution in [2.45, 2.75) is 17.1 Å². The number of benzene rings is 2. The van der Waals surface area contributed by atoms with Gasteiger partial charge in [0.2, 0.25) is 11.8 Å². The van der Waals surface area contributed by atoms with E-state index in [4.69, 9.17) is 23.2 Å². The fourth-order valence-corrected chi connectivity index (χ4v) is 4.54. The van der Waals surface area contributed by atoms with E-state index < -0.39 is 0 Å². The molecule has 1 aliphatic heterocycles. The predicted octanol–water partition coefficient (Wildman–Crippen LogP) is 4.26. The summed E-state index contributed by atoms with van der Waals surface area (Å²) in [5.41, 5.74) is 0.610. The molecule has 1 heterocycles. The Hall–Kier alpha value is -1.73. The third kappa shape index (κ3) is 6.12. The largest absolute Gasteiger partial charge is 0.339 e. The van der Waals surface area contributed by atoms with Gasteiger partial charge in [0.15, 0.2) is 0 Å². The Bertz CT molecular complexity index is 873. The molecular formula is C21H23Cl2N3O2S. The highest BCUT2D eigenvalue weighted by Gasteiger charge is 2.26. The van der Waals surface area contributed by atoms with Crippen LogP contribution >= 0.6 is 35.0 Å². The van der Waals surface area contributed by atoms with Gasteiger partial charge >= 0.3 is 0 Å². The number of carbonyl (C=O) groups is 2. The molecule has 2 aromatic carbocycles. The Morgan fingerprint density at radius 1 is 1.00 bits per heavy atom. The molecule has 154 valence electrons. The summed E-state index contributed by atoms with van der Waals surface area (Å²) in [4.78, 5) is 29.9. The molecule has 1 atom stereocenters. The van der Waals surface area contributed by atoms with E-state index in [0.717, 1.165) is 4.90 Å². The van der Waals surface area contributed by atoms with Crippen LogP contribution in [-0.2, 0) is 9.59 Å². The Morgan fingerprint density at radius 2 is 1.62 bits per heavy atom. The van der Waals surface area contributed by atoms with Crippen molar-refractivity contribution in [1.82, 2.24) is 9.80 Å². The molecule has 1 saturated heterocycles. The minimum Gasteiger partial charge on any atom is -0.339 e. The summed E-state index contributed by atoms with van der Waals surface area (Å²) in [6.45, 7) is 4.70. The number of hydrogen-bond acceptors (Lipinski definition) is 4. The molecule has 0 radical (unpaired) electrons. The summed E-state index contributed by atoms with van der Waals surface area (Å²) >= 11 is 13.7. The average Bonchev–Trinajstić information content (AvgIpc) is 2.71. The van der Waals surface area contributed by atoms with Crippen molar-refractivity contribution in [2.75, 3.05) is 38.0 Å². The van der Waals surface area contributed by atoms with Gasteiger partial charge in [0.05, 0.1) is 27.5 Å². The van der Waals surface area contributed by atoms with Crippen molar-refractivity contribution in [3.8, 4) is 0 Å². The summed E-state index contributed by atoms with van der Waals surface area (Å²) in [6.07, 6.45) is 0. The second-order valence-corrected chi connectivity index (χ2v) is 9.02. The number of carbonyl (C=O) groups excluding carboxylic acids is 2. The Morgan fingerprint density at radius 3 is 2.28 bits per heavy atom. The highest BCUT2D eigenvalue weighted by molar-refractivity contribution is 8.00. The first-order valence-corrected chi connectivity index (χ1v) is 11.0. The van der Waals surface area contributed by atoms with Gasteiger partial charge in [-0.1, -0.05) is 47.5 Å². The molecule has 8 heteroatoms. The SMILES string of the molecule is CC(Sc1ccccc1Cl)C(=O)N1CCN(CC(=O)Nc2ccccc2Cl)CC1. The molecule has 0 saturated carbocycles. The zero-order chi connectivity index (χ0) is 20.8. The fourth-order valence-electron chi connectivity index (χ4n) is 3.12. The average molecular weight is 452 g/mol. The van der Waals surface area contributed by atoms with Crippen molar-refractivity contribution in [3.05, 3.63) is 58.6 Å². The van der Waals surface area contributed by atoms with E-state index >= 15 is 0 Å². The Balaban J connectivity index is 1.46. The number of thioether (sulfide) groups is 1. The van der Waals surface area contributed by atoms with Gasteiger partial charge < -0.3 is 10.2 Å². The van der Waals surface area contributed by atoms with E-state index in [0.29, 0.717) is 41.9 Å². The first-order valence-electron chi connectivity index (χ1n) is 9.41. The standard InChI is InChI=1S/C21H23Cl2N3O2S/c1-15(29-19-9-5-3-7-17(19)23)21(28)26-12-10-25(11-13-26)14-20(27)24-18-8-4-2-6-16(18)22/h2-9,15H,10-14H2,1H3,(H,24,27). The molecule has 0 aromatic heterocycles. The molecule has 1 fully saturated rings. The van der Waals surface area contributed by atoms with Gasteiger partial charge in [-0.15, -0.1) is 11.8 Å². The van der Waals surface area contributed by atoms with E-state index in [1.54, 1.807) is 12.1 Å². The molecule has 1 unspecified atom stereocenters. The van der Waals surface area contributed by atoms with Crippen molar-refractivity contribution >= 4 is 52.5 Å². The lowest BCUT2D eigenvalue weighted by atomic mass is 10.2. The minimum atomic E-state index is -0.218. The minimum absolute atomic E-state index is 0.0927. The first-order chi connectivity index (χ1) is 13.9. The van der Waals surface area contributed by atoms with Gasteiger partial charge in [0, 0.05) is 31.1 Å². The number of amides is 2. The Kier molecular flexibility index (Phi) is 7.84. The summed E-state index contributed by atoms with van der Waals surface area (Å²) in [7, 11) is 0. The second-order valence-electron chi connectivity index (χ2n) is 6.82. The van der Waals surface area contributed by atoms with Crippen LogP contribution in [0.1, 0.15) is 6.92 Å². The molecular weight excluding hydrogens is 429 g/mol. The number of nitrogens with one attached hydrogen (secondary N) is 1. The molecule has 1 N–H and O–H groups in total. The first kappa shape index (κ1) is 22.0. The molecule has 2 amide bonds. The second kappa shape index (κ2) is 10.3. The smallest absolute Gasteiger partial charge is 0.238 e. The van der Waals surface area contributed by atoms with E-state index in [9.17, 15) is 9.59 Å². The van der Waals surface area contributed by atoms with Crippen LogP contribution in [0.2, 0.25) is 10.0 Å². The van der Waals surface area contributed by atoms with Gasteiger partial charge in [-0.2, -0.15) is 0 Å². The van der Waals surface area contributed by atoms with Gasteiger partial charge in [0.1, 0.15) is 0 Å². The van der Waals surface area contributed by atoms with Crippen molar-refractivity contribution in [1.29, 1.82) is 0 Å². The Labute approximate surface area is 185 Å². The molecule has 29 heavy (non-hydrogen) atoms. The fraction of sp³-hybridized carbons (Fsp3) is 0.333. The molecule has 0 aliphatic carbocycles. The third-order valence-electron chi connectivity index (χ3n) is 4.69. The quantitative estimate of drug-likeness (QED) is 0.666. The maximum absolute atomic E-state index is 12.8. The lowest BCUT2D eigenvalue weighted by Crippen LogP contribution is -2.52. The van der Waals surface area contributed by atoms with E-state index in [-0.39, 0.29) is 23.6 Å². The number of halogens is 2. The van der Waals surface area contributed by atoms with Crippen molar-refractivity contribution in [2.24, 2.45) is 0 Å². The predicted molar refractivity (Wildman–Crippen MR) is 120 cm³/mol. The molecule has 1 aliphatic rings. The van der Waals surface area contributed by atoms with Crippen LogP contribution in [0.15, 0.2) is 53.4 Å².